The average Bonchev–Trinajstić information content (AvgIpc) is 2.08. The van der Waals surface area contributed by atoms with E-state index in [-0.39, 0.29) is 0 Å². The van der Waals surface area contributed by atoms with E-state index in [1.54, 1.807) is 7.05 Å². The molecule has 0 radical (unpaired) electrons. The summed E-state index contributed by atoms with van der Waals surface area (Å²) in [4.78, 5) is 0. The molecule has 0 aromatic heterocycles. The van der Waals surface area contributed by atoms with E-state index in [4.69, 9.17) is 18.1 Å². The Labute approximate surface area is 83.5 Å². The van der Waals surface area contributed by atoms with Crippen LogP contribution >= 0.6 is 12.2 Å². The Bertz CT molecular complexity index is 309. The van der Waals surface area contributed by atoms with E-state index in [0.29, 0.717) is 5.11 Å². The van der Waals surface area contributed by atoms with Gasteiger partial charge in [0.25, 0.3) is 0 Å². The topological polar surface area (TPSA) is 41.3 Å². The van der Waals surface area contributed by atoms with Gasteiger partial charge in [0.15, 0.2) is 5.11 Å². The molecule has 3 nitrogen and oxygen atoms in total. The van der Waals surface area contributed by atoms with E-state index in [1.807, 2.05) is 31.2 Å². The molecule has 0 fully saturated rings. The number of hydrazine groups is 1. The van der Waals surface area contributed by atoms with Crippen LogP contribution < -0.4 is 11.2 Å². The molecule has 0 aliphatic heterocycles. The number of hydrogen-bond acceptors (Lipinski definition) is 2. The number of thiocarbonyl (C=S) groups is 1. The van der Waals surface area contributed by atoms with Crippen molar-refractivity contribution in [1.29, 1.82) is 0 Å². The van der Waals surface area contributed by atoms with Crippen LogP contribution in [-0.2, 0) is 0 Å². The summed E-state index contributed by atoms with van der Waals surface area (Å²) in [6.45, 7) is 2.02. The van der Waals surface area contributed by atoms with Crippen LogP contribution in [0.1, 0.15) is 5.56 Å². The Hall–Kier alpha value is -1.13. The minimum atomic E-state index is 0.509. The molecule has 3 N–H and O–H groups in total. The van der Waals surface area contributed by atoms with Crippen molar-refractivity contribution in [2.75, 3.05) is 12.4 Å². The summed E-state index contributed by atoms with van der Waals surface area (Å²) in [5.74, 6) is 5.46. The Kier molecular flexibility index (Phi) is 3.22. The molecule has 0 atom stereocenters. The standard InChI is InChI=1S/C9H13N3S/c1-7-5-3-4-6-8(7)11-9(13)12(2)10/h3-6H,10H2,1-2H3,(H,11,13). The maximum Gasteiger partial charge on any atom is 0.187 e. The smallest absolute Gasteiger partial charge is 0.187 e. The Morgan fingerprint density at radius 3 is 2.62 bits per heavy atom. The van der Waals surface area contributed by atoms with Gasteiger partial charge in [-0.3, -0.25) is 5.01 Å². The molecule has 0 heterocycles. The molecule has 0 unspecified atom stereocenters. The first-order chi connectivity index (χ1) is 6.11. The van der Waals surface area contributed by atoms with Crippen molar-refractivity contribution in [2.45, 2.75) is 6.92 Å². The van der Waals surface area contributed by atoms with Crippen molar-refractivity contribution in [3.8, 4) is 0 Å². The summed E-state index contributed by atoms with van der Waals surface area (Å²) < 4.78 is 0. The summed E-state index contributed by atoms with van der Waals surface area (Å²) in [6.07, 6.45) is 0. The Balaban J connectivity index is 2.75. The second-order valence-electron chi connectivity index (χ2n) is 2.86. The fraction of sp³-hybridized carbons (Fsp3) is 0.222. The second-order valence-corrected chi connectivity index (χ2v) is 3.24. The number of benzene rings is 1. The molecule has 0 aliphatic carbocycles. The highest BCUT2D eigenvalue weighted by atomic mass is 32.1. The monoisotopic (exact) mass is 195 g/mol. The third-order valence-corrected chi connectivity index (χ3v) is 2.10. The molecule has 1 aromatic rings. The van der Waals surface area contributed by atoms with Gasteiger partial charge >= 0.3 is 0 Å². The largest absolute Gasteiger partial charge is 0.331 e. The molecule has 0 bridgehead atoms. The van der Waals surface area contributed by atoms with E-state index < -0.39 is 0 Å². The molecule has 0 saturated heterocycles. The van der Waals surface area contributed by atoms with Gasteiger partial charge in [0, 0.05) is 12.7 Å². The SMILES string of the molecule is Cc1ccccc1NC(=S)N(C)N. The first-order valence-electron chi connectivity index (χ1n) is 3.96. The summed E-state index contributed by atoms with van der Waals surface area (Å²) in [6, 6.07) is 7.91. The van der Waals surface area contributed by atoms with E-state index in [9.17, 15) is 0 Å². The number of hydrogen-bond donors (Lipinski definition) is 2. The predicted molar refractivity (Wildman–Crippen MR) is 59.4 cm³/mol. The quantitative estimate of drug-likeness (QED) is 0.405. The van der Waals surface area contributed by atoms with Gasteiger partial charge in [0.05, 0.1) is 0 Å². The maximum atomic E-state index is 5.46. The molecule has 13 heavy (non-hydrogen) atoms. The van der Waals surface area contributed by atoms with Gasteiger partial charge in [-0.2, -0.15) is 0 Å². The molecule has 0 spiro atoms. The van der Waals surface area contributed by atoms with Gasteiger partial charge in [0.2, 0.25) is 0 Å². The molecule has 0 amide bonds. The van der Waals surface area contributed by atoms with Gasteiger partial charge in [-0.05, 0) is 30.8 Å². The van der Waals surface area contributed by atoms with Crippen LogP contribution in [0.5, 0.6) is 0 Å². The van der Waals surface area contributed by atoms with Crippen LogP contribution in [0.4, 0.5) is 5.69 Å². The minimum absolute atomic E-state index is 0.509. The van der Waals surface area contributed by atoms with Crippen LogP contribution in [0.25, 0.3) is 0 Å². The number of aryl methyl sites for hydroxylation is 1. The summed E-state index contributed by atoms with van der Waals surface area (Å²) in [7, 11) is 1.70. The van der Waals surface area contributed by atoms with Crippen LogP contribution in [0, 0.1) is 6.92 Å². The number of nitrogens with two attached hydrogens (primary N) is 1. The van der Waals surface area contributed by atoms with Crippen molar-refractivity contribution >= 4 is 23.0 Å². The number of para-hydroxylation sites is 1. The Morgan fingerprint density at radius 1 is 1.46 bits per heavy atom. The summed E-state index contributed by atoms with van der Waals surface area (Å²) >= 11 is 5.01. The molecule has 1 rings (SSSR count). The van der Waals surface area contributed by atoms with Crippen molar-refractivity contribution in [3.05, 3.63) is 29.8 Å². The van der Waals surface area contributed by atoms with E-state index in [1.165, 1.54) is 5.01 Å². The van der Waals surface area contributed by atoms with E-state index in [2.05, 4.69) is 5.32 Å². The van der Waals surface area contributed by atoms with Gasteiger partial charge in [-0.15, -0.1) is 0 Å². The summed E-state index contributed by atoms with van der Waals surface area (Å²) in [5, 5.41) is 4.93. The van der Waals surface area contributed by atoms with Crippen LogP contribution in [0.2, 0.25) is 0 Å². The molecule has 0 aliphatic rings. The van der Waals surface area contributed by atoms with E-state index in [0.717, 1.165) is 11.3 Å². The number of nitrogens with zero attached hydrogens (tertiary/aromatic N) is 1. The van der Waals surface area contributed by atoms with Crippen molar-refractivity contribution in [1.82, 2.24) is 5.01 Å². The zero-order valence-electron chi connectivity index (χ0n) is 7.74. The van der Waals surface area contributed by atoms with Crippen molar-refractivity contribution in [3.63, 3.8) is 0 Å². The molecule has 70 valence electrons. The highest BCUT2D eigenvalue weighted by molar-refractivity contribution is 7.80. The van der Waals surface area contributed by atoms with Gasteiger partial charge < -0.3 is 5.32 Å². The lowest BCUT2D eigenvalue weighted by Crippen LogP contribution is -2.36. The summed E-state index contributed by atoms with van der Waals surface area (Å²) in [5.41, 5.74) is 2.14. The van der Waals surface area contributed by atoms with E-state index >= 15 is 0 Å². The number of anilines is 1. The number of rotatable bonds is 1. The lowest BCUT2D eigenvalue weighted by atomic mass is 10.2. The fourth-order valence-electron chi connectivity index (χ4n) is 0.917. The highest BCUT2D eigenvalue weighted by Gasteiger charge is 2.01. The molecular formula is C9H13N3S. The van der Waals surface area contributed by atoms with Crippen LogP contribution in [0.15, 0.2) is 24.3 Å². The average molecular weight is 195 g/mol. The maximum absolute atomic E-state index is 5.46. The molecule has 0 saturated carbocycles. The minimum Gasteiger partial charge on any atom is -0.331 e. The Morgan fingerprint density at radius 2 is 2.08 bits per heavy atom. The molecular weight excluding hydrogens is 182 g/mol. The normalized spacial score (nSPS) is 9.46. The van der Waals surface area contributed by atoms with Gasteiger partial charge in [0.1, 0.15) is 0 Å². The third kappa shape index (κ3) is 2.68. The lowest BCUT2D eigenvalue weighted by Gasteiger charge is -2.16. The van der Waals surface area contributed by atoms with Crippen molar-refractivity contribution in [2.24, 2.45) is 5.84 Å². The molecule has 4 heteroatoms. The van der Waals surface area contributed by atoms with Gasteiger partial charge in [-0.25, -0.2) is 5.84 Å². The first kappa shape index (κ1) is 9.95. The zero-order valence-corrected chi connectivity index (χ0v) is 8.56. The second kappa shape index (κ2) is 4.20. The molecule has 1 aromatic carbocycles. The van der Waals surface area contributed by atoms with Gasteiger partial charge in [-0.1, -0.05) is 18.2 Å². The predicted octanol–water partition coefficient (Wildman–Crippen LogP) is 1.50. The van der Waals surface area contributed by atoms with Crippen molar-refractivity contribution < 1.29 is 0 Å². The number of nitrogens with one attached hydrogen (secondary N) is 1. The zero-order chi connectivity index (χ0) is 9.84. The third-order valence-electron chi connectivity index (χ3n) is 1.71. The van der Waals surface area contributed by atoms with Crippen LogP contribution in [-0.4, -0.2) is 17.2 Å². The first-order valence-corrected chi connectivity index (χ1v) is 4.37. The fourth-order valence-corrected chi connectivity index (χ4v) is 1.03. The van der Waals surface area contributed by atoms with Crippen LogP contribution in [0.3, 0.4) is 0 Å². The lowest BCUT2D eigenvalue weighted by molar-refractivity contribution is 0.548. The highest BCUT2D eigenvalue weighted by Crippen LogP contribution is 2.12.